The maximum absolute atomic E-state index is 12.9. The third-order valence-electron chi connectivity index (χ3n) is 4.24. The third kappa shape index (κ3) is 3.81. The molecule has 0 unspecified atom stereocenters. The smallest absolute Gasteiger partial charge is 0.255 e. The number of rotatable bonds is 4. The first-order chi connectivity index (χ1) is 12.1. The van der Waals surface area contributed by atoms with Crippen LogP contribution in [0.3, 0.4) is 0 Å². The van der Waals surface area contributed by atoms with Gasteiger partial charge in [-0.1, -0.05) is 6.07 Å². The molecule has 1 aromatic heterocycles. The van der Waals surface area contributed by atoms with E-state index in [2.05, 4.69) is 32.5 Å². The van der Waals surface area contributed by atoms with Crippen molar-refractivity contribution in [1.29, 1.82) is 0 Å². The third-order valence-corrected chi connectivity index (χ3v) is 5.14. The van der Waals surface area contributed by atoms with Crippen LogP contribution in [0, 0.1) is 3.57 Å². The van der Waals surface area contributed by atoms with Crippen LogP contribution in [0.5, 0.6) is 11.5 Å². The van der Waals surface area contributed by atoms with E-state index in [0.717, 1.165) is 22.5 Å². The lowest BCUT2D eigenvalue weighted by Crippen LogP contribution is -2.49. The van der Waals surface area contributed by atoms with Crippen LogP contribution in [0.25, 0.3) is 0 Å². The molecule has 0 radical (unpaired) electrons. The number of carbonyl (C=O) groups is 1. The molecule has 0 spiro atoms. The summed E-state index contributed by atoms with van der Waals surface area (Å²) < 4.78 is 11.5. The van der Waals surface area contributed by atoms with Gasteiger partial charge in [-0.15, -0.1) is 0 Å². The highest BCUT2D eigenvalue weighted by atomic mass is 127. The van der Waals surface area contributed by atoms with Crippen molar-refractivity contribution in [2.24, 2.45) is 0 Å². The van der Waals surface area contributed by atoms with Gasteiger partial charge < -0.3 is 19.3 Å². The lowest BCUT2D eigenvalue weighted by atomic mass is 10.1. The Labute approximate surface area is 160 Å². The molecule has 1 aromatic carbocycles. The van der Waals surface area contributed by atoms with E-state index in [-0.39, 0.29) is 5.91 Å². The number of methoxy groups -OCH3 is 2. The average molecular weight is 453 g/mol. The Hall–Kier alpha value is -2.03. The van der Waals surface area contributed by atoms with E-state index in [1.807, 2.05) is 29.2 Å². The second kappa shape index (κ2) is 7.90. The van der Waals surface area contributed by atoms with Gasteiger partial charge in [-0.05, 0) is 46.9 Å². The molecule has 0 bridgehead atoms. The molecule has 2 aromatic rings. The molecule has 25 heavy (non-hydrogen) atoms. The Morgan fingerprint density at radius 1 is 1.08 bits per heavy atom. The maximum Gasteiger partial charge on any atom is 0.255 e. The highest BCUT2D eigenvalue weighted by molar-refractivity contribution is 14.1. The molecule has 7 heteroatoms. The van der Waals surface area contributed by atoms with Crippen LogP contribution in [-0.4, -0.2) is 56.2 Å². The highest BCUT2D eigenvalue weighted by Gasteiger charge is 2.25. The summed E-state index contributed by atoms with van der Waals surface area (Å²) >= 11 is 2.16. The minimum atomic E-state index is 0.0195. The molecule has 6 nitrogen and oxygen atoms in total. The normalized spacial score (nSPS) is 14.4. The number of nitrogens with zero attached hydrogens (tertiary/aromatic N) is 3. The number of pyridine rings is 1. The van der Waals surface area contributed by atoms with Gasteiger partial charge in [0.2, 0.25) is 0 Å². The average Bonchev–Trinajstić information content (AvgIpc) is 2.68. The standard InChI is InChI=1S/C18H20IN3O3/c1-24-15-11-13(14(19)12-16(15)25-2)18(23)22-9-7-21(8-10-22)17-5-3-4-6-20-17/h3-6,11-12H,7-10H2,1-2H3. The molecule has 132 valence electrons. The molecular formula is C18H20IN3O3. The van der Waals surface area contributed by atoms with Gasteiger partial charge in [0.1, 0.15) is 5.82 Å². The van der Waals surface area contributed by atoms with Crippen molar-refractivity contribution in [3.05, 3.63) is 45.7 Å². The second-order valence-electron chi connectivity index (χ2n) is 5.65. The number of amides is 1. The lowest BCUT2D eigenvalue weighted by molar-refractivity contribution is 0.0745. The number of hydrogen-bond acceptors (Lipinski definition) is 5. The Morgan fingerprint density at radius 2 is 1.76 bits per heavy atom. The van der Waals surface area contributed by atoms with Crippen molar-refractivity contribution in [2.45, 2.75) is 0 Å². The number of anilines is 1. The molecule has 1 fully saturated rings. The first-order valence-corrected chi connectivity index (χ1v) is 9.08. The van der Waals surface area contributed by atoms with Gasteiger partial charge in [-0.25, -0.2) is 4.98 Å². The number of halogens is 1. The Bertz CT molecular complexity index is 747. The van der Waals surface area contributed by atoms with Crippen LogP contribution < -0.4 is 14.4 Å². The van der Waals surface area contributed by atoms with Crippen molar-refractivity contribution in [3.8, 4) is 11.5 Å². The number of aromatic nitrogens is 1. The first-order valence-electron chi connectivity index (χ1n) is 8.01. The fraction of sp³-hybridized carbons (Fsp3) is 0.333. The van der Waals surface area contributed by atoms with Crippen molar-refractivity contribution in [1.82, 2.24) is 9.88 Å². The van der Waals surface area contributed by atoms with E-state index in [9.17, 15) is 4.79 Å². The molecule has 0 N–H and O–H groups in total. The molecule has 1 saturated heterocycles. The second-order valence-corrected chi connectivity index (χ2v) is 6.82. The Balaban J connectivity index is 1.73. The number of benzene rings is 1. The summed E-state index contributed by atoms with van der Waals surface area (Å²) in [6, 6.07) is 9.47. The van der Waals surface area contributed by atoms with Gasteiger partial charge in [0.15, 0.2) is 11.5 Å². The number of carbonyl (C=O) groups excluding carboxylic acids is 1. The molecule has 0 atom stereocenters. The largest absolute Gasteiger partial charge is 0.493 e. The monoisotopic (exact) mass is 453 g/mol. The summed E-state index contributed by atoms with van der Waals surface area (Å²) in [5.41, 5.74) is 0.643. The molecule has 1 aliphatic heterocycles. The molecular weight excluding hydrogens is 433 g/mol. The molecule has 1 aliphatic rings. The molecule has 2 heterocycles. The molecule has 3 rings (SSSR count). The van der Waals surface area contributed by atoms with Gasteiger partial charge in [-0.3, -0.25) is 4.79 Å². The Kier molecular flexibility index (Phi) is 5.62. The van der Waals surface area contributed by atoms with Gasteiger partial charge >= 0.3 is 0 Å². The SMILES string of the molecule is COc1cc(I)c(C(=O)N2CCN(c3ccccn3)CC2)cc1OC. The van der Waals surface area contributed by atoms with Crippen LogP contribution in [-0.2, 0) is 0 Å². The molecule has 0 saturated carbocycles. The topological polar surface area (TPSA) is 54.9 Å². The summed E-state index contributed by atoms with van der Waals surface area (Å²) in [6.45, 7) is 2.87. The highest BCUT2D eigenvalue weighted by Crippen LogP contribution is 2.32. The summed E-state index contributed by atoms with van der Waals surface area (Å²) in [5, 5.41) is 0. The summed E-state index contributed by atoms with van der Waals surface area (Å²) in [4.78, 5) is 21.4. The number of piperazine rings is 1. The van der Waals surface area contributed by atoms with Gasteiger partial charge in [0.25, 0.3) is 5.91 Å². The zero-order valence-electron chi connectivity index (χ0n) is 14.2. The lowest BCUT2D eigenvalue weighted by Gasteiger charge is -2.35. The summed E-state index contributed by atoms with van der Waals surface area (Å²) in [5.74, 6) is 2.17. The summed E-state index contributed by atoms with van der Waals surface area (Å²) in [6.07, 6.45) is 1.79. The van der Waals surface area contributed by atoms with E-state index < -0.39 is 0 Å². The quantitative estimate of drug-likeness (QED) is 0.667. The Morgan fingerprint density at radius 3 is 2.36 bits per heavy atom. The van der Waals surface area contributed by atoms with E-state index in [1.54, 1.807) is 26.5 Å². The van der Waals surface area contributed by atoms with Gasteiger partial charge in [0, 0.05) is 35.9 Å². The van der Waals surface area contributed by atoms with Crippen LogP contribution in [0.15, 0.2) is 36.5 Å². The minimum Gasteiger partial charge on any atom is -0.493 e. The van der Waals surface area contributed by atoms with E-state index in [1.165, 1.54) is 0 Å². The maximum atomic E-state index is 12.9. The van der Waals surface area contributed by atoms with Crippen molar-refractivity contribution >= 4 is 34.3 Å². The van der Waals surface area contributed by atoms with Crippen molar-refractivity contribution in [2.75, 3.05) is 45.3 Å². The molecule has 1 amide bonds. The minimum absolute atomic E-state index is 0.0195. The van der Waals surface area contributed by atoms with E-state index >= 15 is 0 Å². The first kappa shape index (κ1) is 17.8. The zero-order valence-corrected chi connectivity index (χ0v) is 16.4. The predicted molar refractivity (Wildman–Crippen MR) is 105 cm³/mol. The van der Waals surface area contributed by atoms with Gasteiger partial charge in [0.05, 0.1) is 19.8 Å². The van der Waals surface area contributed by atoms with Crippen molar-refractivity contribution in [3.63, 3.8) is 0 Å². The number of ether oxygens (including phenoxy) is 2. The predicted octanol–water partition coefficient (Wildman–Crippen LogP) is 2.67. The summed E-state index contributed by atoms with van der Waals surface area (Å²) in [7, 11) is 3.16. The van der Waals surface area contributed by atoms with E-state index in [0.29, 0.717) is 30.2 Å². The van der Waals surface area contributed by atoms with Crippen LogP contribution in [0.2, 0.25) is 0 Å². The van der Waals surface area contributed by atoms with Gasteiger partial charge in [-0.2, -0.15) is 0 Å². The zero-order chi connectivity index (χ0) is 17.8. The molecule has 0 aliphatic carbocycles. The van der Waals surface area contributed by atoms with Crippen molar-refractivity contribution < 1.29 is 14.3 Å². The van der Waals surface area contributed by atoms with E-state index in [4.69, 9.17) is 9.47 Å². The number of hydrogen-bond donors (Lipinski definition) is 0. The fourth-order valence-corrected chi connectivity index (χ4v) is 3.54. The van der Waals surface area contributed by atoms with Crippen LogP contribution >= 0.6 is 22.6 Å². The fourth-order valence-electron chi connectivity index (χ4n) is 2.87. The van der Waals surface area contributed by atoms with Crippen LogP contribution in [0.1, 0.15) is 10.4 Å². The van der Waals surface area contributed by atoms with Crippen LogP contribution in [0.4, 0.5) is 5.82 Å².